The molecule has 0 spiro atoms. The van der Waals surface area contributed by atoms with E-state index in [1.165, 1.54) is 4.57 Å². The summed E-state index contributed by atoms with van der Waals surface area (Å²) in [5.74, 6) is 1.03. The second-order valence-corrected chi connectivity index (χ2v) is 11.0. The van der Waals surface area contributed by atoms with Gasteiger partial charge in [0, 0.05) is 70.0 Å². The number of methoxy groups -OCH3 is 2. The van der Waals surface area contributed by atoms with Crippen LogP contribution in [-0.4, -0.2) is 74.0 Å². The van der Waals surface area contributed by atoms with Crippen molar-refractivity contribution in [1.82, 2.24) is 14.1 Å². The van der Waals surface area contributed by atoms with E-state index in [0.29, 0.717) is 59.2 Å². The molecule has 0 atom stereocenters. The number of benzene rings is 2. The topological polar surface area (TPSA) is 129 Å². The zero-order chi connectivity index (χ0) is 33.5. The number of hydrogen-bond acceptors (Lipinski definition) is 10. The van der Waals surface area contributed by atoms with Gasteiger partial charge in [-0.2, -0.15) is 4.98 Å². The maximum absolute atomic E-state index is 13.7. The molecule has 12 nitrogen and oxygen atoms in total. The van der Waals surface area contributed by atoms with Crippen LogP contribution in [0.3, 0.4) is 0 Å². The van der Waals surface area contributed by atoms with Crippen molar-refractivity contribution in [3.8, 4) is 28.4 Å². The monoisotopic (exact) mass is 641 g/mol. The van der Waals surface area contributed by atoms with Crippen molar-refractivity contribution in [3.05, 3.63) is 99.3 Å². The predicted octanol–water partition coefficient (Wildman–Crippen LogP) is 4.10. The first-order chi connectivity index (χ1) is 22.7. The van der Waals surface area contributed by atoms with E-state index in [-0.39, 0.29) is 35.9 Å². The summed E-state index contributed by atoms with van der Waals surface area (Å²) in [5, 5.41) is 15.1. The second-order valence-electron chi connectivity index (χ2n) is 11.0. The molecule has 0 aliphatic carbocycles. The van der Waals surface area contributed by atoms with Gasteiger partial charge in [0.2, 0.25) is 0 Å². The Morgan fingerprint density at radius 2 is 1.66 bits per heavy atom. The number of aromatic nitrogens is 3. The van der Waals surface area contributed by atoms with Crippen molar-refractivity contribution in [2.24, 2.45) is 7.05 Å². The van der Waals surface area contributed by atoms with E-state index in [0.717, 1.165) is 11.1 Å². The molecule has 0 aliphatic heterocycles. The maximum atomic E-state index is 13.7. The molecular formula is C35H39N5O7. The molecule has 0 saturated carbocycles. The molecule has 3 heterocycles. The van der Waals surface area contributed by atoms with E-state index in [4.69, 9.17) is 18.9 Å². The lowest BCUT2D eigenvalue weighted by Gasteiger charge is -2.18. The molecule has 0 radical (unpaired) electrons. The van der Waals surface area contributed by atoms with Gasteiger partial charge in [-0.15, -0.1) is 0 Å². The summed E-state index contributed by atoms with van der Waals surface area (Å²) in [6, 6.07) is 18.1. The molecule has 0 saturated heterocycles. The third-order valence-corrected chi connectivity index (χ3v) is 7.63. The zero-order valence-corrected chi connectivity index (χ0v) is 27.1. The van der Waals surface area contributed by atoms with E-state index in [1.54, 1.807) is 62.5 Å². The Morgan fingerprint density at radius 1 is 0.894 bits per heavy atom. The van der Waals surface area contributed by atoms with Gasteiger partial charge < -0.3 is 38.8 Å². The molecule has 3 aromatic heterocycles. The van der Waals surface area contributed by atoms with E-state index >= 15 is 0 Å². The van der Waals surface area contributed by atoms with E-state index in [9.17, 15) is 14.7 Å². The zero-order valence-electron chi connectivity index (χ0n) is 27.1. The van der Waals surface area contributed by atoms with Gasteiger partial charge in [0.1, 0.15) is 24.7 Å². The first-order valence-electron chi connectivity index (χ1n) is 15.0. The third kappa shape index (κ3) is 7.30. The van der Waals surface area contributed by atoms with Crippen LogP contribution in [0, 0.1) is 0 Å². The summed E-state index contributed by atoms with van der Waals surface area (Å²) >= 11 is 0. The van der Waals surface area contributed by atoms with Crippen LogP contribution in [0.2, 0.25) is 0 Å². The maximum Gasteiger partial charge on any atom is 0.274 e. The van der Waals surface area contributed by atoms with Crippen LogP contribution in [0.25, 0.3) is 27.6 Å². The van der Waals surface area contributed by atoms with Gasteiger partial charge >= 0.3 is 0 Å². The van der Waals surface area contributed by atoms with Crippen LogP contribution < -0.4 is 30.8 Å². The number of rotatable bonds is 14. The SMILES string of the molecule is COCCOc1ccc(Nc2cc(-c3cccc(-n4ccc5cc(N(C)C)ccc5c4=O)c3CO)cn(C)c2=O)nc1OCCOC. The van der Waals surface area contributed by atoms with Gasteiger partial charge in [-0.25, -0.2) is 0 Å². The van der Waals surface area contributed by atoms with Gasteiger partial charge in [-0.1, -0.05) is 12.1 Å². The molecule has 0 bridgehead atoms. The smallest absolute Gasteiger partial charge is 0.274 e. The lowest BCUT2D eigenvalue weighted by Crippen LogP contribution is -2.21. The predicted molar refractivity (Wildman–Crippen MR) is 183 cm³/mol. The Labute approximate surface area is 272 Å². The average molecular weight is 642 g/mol. The molecule has 12 heteroatoms. The van der Waals surface area contributed by atoms with Crippen LogP contribution in [0.1, 0.15) is 5.56 Å². The van der Waals surface area contributed by atoms with Crippen molar-refractivity contribution in [3.63, 3.8) is 0 Å². The number of pyridine rings is 3. The van der Waals surface area contributed by atoms with Gasteiger partial charge in [0.25, 0.3) is 17.0 Å². The number of aryl methyl sites for hydroxylation is 1. The number of anilines is 3. The minimum absolute atomic E-state index is 0.202. The number of aliphatic hydroxyl groups excluding tert-OH is 1. The molecule has 2 aromatic carbocycles. The molecule has 0 aliphatic rings. The highest BCUT2D eigenvalue weighted by Crippen LogP contribution is 2.31. The highest BCUT2D eigenvalue weighted by Gasteiger charge is 2.17. The number of hydrogen-bond donors (Lipinski definition) is 2. The van der Waals surface area contributed by atoms with Crippen LogP contribution >= 0.6 is 0 Å². The average Bonchev–Trinajstić information content (AvgIpc) is 3.07. The number of nitrogens with zero attached hydrogens (tertiary/aromatic N) is 4. The lowest BCUT2D eigenvalue weighted by molar-refractivity contribution is 0.130. The largest absolute Gasteiger partial charge is 0.486 e. The van der Waals surface area contributed by atoms with Crippen LogP contribution in [0.15, 0.2) is 82.6 Å². The minimum Gasteiger partial charge on any atom is -0.486 e. The quantitative estimate of drug-likeness (QED) is 0.171. The summed E-state index contributed by atoms with van der Waals surface area (Å²) in [7, 11) is 8.71. The highest BCUT2D eigenvalue weighted by molar-refractivity contribution is 5.85. The molecule has 47 heavy (non-hydrogen) atoms. The van der Waals surface area contributed by atoms with Gasteiger partial charge in [0.15, 0.2) is 5.75 Å². The van der Waals surface area contributed by atoms with Crippen LogP contribution in [0.4, 0.5) is 17.2 Å². The number of nitrogens with one attached hydrogen (secondary N) is 1. The molecule has 0 amide bonds. The molecule has 0 unspecified atom stereocenters. The Morgan fingerprint density at radius 3 is 2.38 bits per heavy atom. The fourth-order valence-electron chi connectivity index (χ4n) is 5.19. The van der Waals surface area contributed by atoms with E-state index < -0.39 is 0 Å². The summed E-state index contributed by atoms with van der Waals surface area (Å²) in [5.41, 5.74) is 3.14. The Hall–Kier alpha value is -5.17. The standard InChI is InChI=1S/C35H39N5O7/c1-38(2)25-9-10-27-23(19-25)13-14-40(34(27)42)30-8-6-7-26(28(30)22-41)24-20-29(35(43)39(3)21-24)36-32-12-11-31(46-17-15-44-4)33(37-32)47-18-16-45-5/h6-14,19-21,41H,15-18,22H2,1-5H3,(H,36,37). The first kappa shape index (κ1) is 33.2. The van der Waals surface area contributed by atoms with Gasteiger partial charge in [0.05, 0.1) is 25.5 Å². The van der Waals surface area contributed by atoms with Crippen LogP contribution in [-0.2, 0) is 23.1 Å². The van der Waals surface area contributed by atoms with Gasteiger partial charge in [-0.05, 0) is 59.5 Å². The third-order valence-electron chi connectivity index (χ3n) is 7.63. The van der Waals surface area contributed by atoms with Crippen LogP contribution in [0.5, 0.6) is 11.6 Å². The summed E-state index contributed by atoms with van der Waals surface area (Å²) in [4.78, 5) is 33.4. The van der Waals surface area contributed by atoms with E-state index in [2.05, 4.69) is 10.3 Å². The van der Waals surface area contributed by atoms with Gasteiger partial charge in [-0.3, -0.25) is 14.2 Å². The lowest BCUT2D eigenvalue weighted by atomic mass is 9.99. The molecule has 0 fully saturated rings. The normalized spacial score (nSPS) is 11.1. The highest BCUT2D eigenvalue weighted by atomic mass is 16.6. The molecule has 5 rings (SSSR count). The molecule has 246 valence electrons. The summed E-state index contributed by atoms with van der Waals surface area (Å²) in [6.45, 7) is 0.972. The summed E-state index contributed by atoms with van der Waals surface area (Å²) in [6.07, 6.45) is 3.41. The number of ether oxygens (including phenoxy) is 4. The summed E-state index contributed by atoms with van der Waals surface area (Å²) < 4.78 is 24.7. The number of fused-ring (bicyclic) bond motifs is 1. The Bertz CT molecular complexity index is 1990. The Balaban J connectivity index is 1.52. The first-order valence-corrected chi connectivity index (χ1v) is 15.0. The van der Waals surface area contributed by atoms with E-state index in [1.807, 2.05) is 55.4 Å². The molecular weight excluding hydrogens is 602 g/mol. The van der Waals surface area contributed by atoms with Crippen molar-refractivity contribution in [2.45, 2.75) is 6.61 Å². The van der Waals surface area contributed by atoms with Crippen molar-refractivity contribution in [1.29, 1.82) is 0 Å². The van der Waals surface area contributed by atoms with Crippen molar-refractivity contribution >= 4 is 28.0 Å². The van der Waals surface area contributed by atoms with Crippen molar-refractivity contribution < 1.29 is 24.1 Å². The Kier molecular flexibility index (Phi) is 10.6. The fourth-order valence-corrected chi connectivity index (χ4v) is 5.19. The molecule has 5 aromatic rings. The molecule has 2 N–H and O–H groups in total. The fraction of sp³-hybridized carbons (Fsp3) is 0.286. The second kappa shape index (κ2) is 14.9. The van der Waals surface area contributed by atoms with Crippen molar-refractivity contribution in [2.75, 3.05) is 65.0 Å². The minimum atomic E-state index is -0.338. The number of aliphatic hydroxyl groups is 1.